The van der Waals surface area contributed by atoms with E-state index in [9.17, 15) is 9.59 Å². The van der Waals surface area contributed by atoms with E-state index in [1.165, 1.54) is 0 Å². The van der Waals surface area contributed by atoms with Gasteiger partial charge in [0.2, 0.25) is 5.91 Å². The molecule has 2 aromatic rings. The van der Waals surface area contributed by atoms with Crippen LogP contribution in [0.25, 0.3) is 0 Å². The molecule has 0 aromatic heterocycles. The Morgan fingerprint density at radius 2 is 1.59 bits per heavy atom. The molecule has 2 aromatic carbocycles. The van der Waals surface area contributed by atoms with Gasteiger partial charge in [-0.05, 0) is 31.0 Å². The summed E-state index contributed by atoms with van der Waals surface area (Å²) in [4.78, 5) is 27.4. The summed E-state index contributed by atoms with van der Waals surface area (Å²) in [6, 6.07) is 17.2. The van der Waals surface area contributed by atoms with Gasteiger partial charge in [0.15, 0.2) is 5.78 Å². The first-order chi connectivity index (χ1) is 10.6. The summed E-state index contributed by atoms with van der Waals surface area (Å²) >= 11 is 0. The smallest absolute Gasteiger partial charge is 0.241 e. The number of Topliss-reactive ketones (excluding diaryl/α,β-unsaturated/α-hetero) is 1. The highest BCUT2D eigenvalue weighted by molar-refractivity contribution is 6.24. The molecular weight excluding hydrogens is 274 g/mol. The lowest BCUT2D eigenvalue weighted by Crippen LogP contribution is -2.50. The molecule has 0 aliphatic carbocycles. The first-order valence-corrected chi connectivity index (χ1v) is 7.57. The monoisotopic (exact) mass is 293 g/mol. The van der Waals surface area contributed by atoms with E-state index in [1.807, 2.05) is 61.5 Å². The van der Waals surface area contributed by atoms with Crippen molar-refractivity contribution in [3.63, 3.8) is 0 Å². The number of rotatable bonds is 3. The van der Waals surface area contributed by atoms with E-state index in [0.29, 0.717) is 24.2 Å². The van der Waals surface area contributed by atoms with Gasteiger partial charge >= 0.3 is 0 Å². The van der Waals surface area contributed by atoms with Crippen molar-refractivity contribution in [2.24, 2.45) is 5.41 Å². The van der Waals surface area contributed by atoms with Crippen molar-refractivity contribution in [2.75, 3.05) is 4.90 Å². The zero-order valence-corrected chi connectivity index (χ0v) is 12.9. The van der Waals surface area contributed by atoms with Crippen LogP contribution in [-0.2, 0) is 11.3 Å². The van der Waals surface area contributed by atoms with Crippen molar-refractivity contribution in [1.29, 1.82) is 0 Å². The zero-order valence-electron chi connectivity index (χ0n) is 12.9. The Bertz CT molecular complexity index is 723. The molecule has 22 heavy (non-hydrogen) atoms. The normalized spacial score (nSPS) is 20.9. The first kappa shape index (κ1) is 14.5. The van der Waals surface area contributed by atoms with Crippen LogP contribution in [0.1, 0.15) is 36.2 Å². The molecule has 1 amide bonds. The lowest BCUT2D eigenvalue weighted by molar-refractivity contribution is -0.125. The molecule has 0 saturated heterocycles. The standard InChI is InChI=1S/C19H19NO2/c1-3-19(2)17(21)15-11-7-8-12-16(15)20(18(19)22)13-14-9-5-4-6-10-14/h4-12H,3,13H2,1-2H3. The number of fused-ring (bicyclic) bond motifs is 1. The second-order valence-corrected chi connectivity index (χ2v) is 5.91. The predicted molar refractivity (Wildman–Crippen MR) is 86.8 cm³/mol. The Labute approximate surface area is 130 Å². The molecule has 1 unspecified atom stereocenters. The second kappa shape index (κ2) is 5.41. The van der Waals surface area contributed by atoms with Crippen LogP contribution >= 0.6 is 0 Å². The average Bonchev–Trinajstić information content (AvgIpc) is 2.57. The molecule has 1 atom stereocenters. The molecule has 3 nitrogen and oxygen atoms in total. The topological polar surface area (TPSA) is 37.4 Å². The minimum absolute atomic E-state index is 0.0695. The fourth-order valence-corrected chi connectivity index (χ4v) is 2.94. The van der Waals surface area contributed by atoms with Crippen LogP contribution < -0.4 is 4.90 Å². The third-order valence-electron chi connectivity index (χ3n) is 4.55. The fraction of sp³-hybridized carbons (Fsp3) is 0.263. The number of nitrogens with zero attached hydrogens (tertiary/aromatic N) is 1. The van der Waals surface area contributed by atoms with E-state index in [2.05, 4.69) is 0 Å². The lowest BCUT2D eigenvalue weighted by Gasteiger charge is -2.39. The minimum atomic E-state index is -0.969. The Hall–Kier alpha value is -2.42. The molecule has 1 aliphatic heterocycles. The largest absolute Gasteiger partial charge is 0.306 e. The van der Waals surface area contributed by atoms with Crippen molar-refractivity contribution in [3.05, 3.63) is 65.7 Å². The molecule has 1 heterocycles. The van der Waals surface area contributed by atoms with Crippen molar-refractivity contribution in [2.45, 2.75) is 26.8 Å². The Morgan fingerprint density at radius 3 is 2.27 bits per heavy atom. The highest BCUT2D eigenvalue weighted by atomic mass is 16.2. The van der Waals surface area contributed by atoms with Crippen LogP contribution in [0, 0.1) is 5.41 Å². The van der Waals surface area contributed by atoms with Gasteiger partial charge in [-0.2, -0.15) is 0 Å². The number of para-hydroxylation sites is 1. The van der Waals surface area contributed by atoms with Crippen molar-refractivity contribution >= 4 is 17.4 Å². The molecule has 0 fully saturated rings. The summed E-state index contributed by atoms with van der Waals surface area (Å²) in [7, 11) is 0. The molecule has 112 valence electrons. The van der Waals surface area contributed by atoms with E-state index < -0.39 is 5.41 Å². The van der Waals surface area contributed by atoms with Crippen LogP contribution in [-0.4, -0.2) is 11.7 Å². The van der Waals surface area contributed by atoms with Crippen molar-refractivity contribution in [3.8, 4) is 0 Å². The molecule has 0 bridgehead atoms. The molecule has 3 rings (SSSR count). The van der Waals surface area contributed by atoms with Gasteiger partial charge in [-0.1, -0.05) is 49.4 Å². The summed E-state index contributed by atoms with van der Waals surface area (Å²) in [5.41, 5.74) is 1.44. The van der Waals surface area contributed by atoms with Gasteiger partial charge in [0, 0.05) is 5.56 Å². The Morgan fingerprint density at radius 1 is 0.955 bits per heavy atom. The number of benzene rings is 2. The van der Waals surface area contributed by atoms with Crippen LogP contribution in [0.15, 0.2) is 54.6 Å². The van der Waals surface area contributed by atoms with Gasteiger partial charge in [-0.3, -0.25) is 9.59 Å². The summed E-state index contributed by atoms with van der Waals surface area (Å²) in [5.74, 6) is -0.178. The quantitative estimate of drug-likeness (QED) is 0.806. The number of carbonyl (C=O) groups excluding carboxylic acids is 2. The molecule has 1 aliphatic rings. The van der Waals surface area contributed by atoms with E-state index in [0.717, 1.165) is 5.56 Å². The molecule has 0 saturated carbocycles. The number of carbonyl (C=O) groups is 2. The van der Waals surface area contributed by atoms with E-state index >= 15 is 0 Å². The second-order valence-electron chi connectivity index (χ2n) is 5.91. The predicted octanol–water partition coefficient (Wildman–Crippen LogP) is 3.83. The average molecular weight is 293 g/mol. The van der Waals surface area contributed by atoms with Gasteiger partial charge in [-0.25, -0.2) is 0 Å². The Kier molecular flexibility index (Phi) is 3.57. The van der Waals surface area contributed by atoms with E-state index in [1.54, 1.807) is 11.8 Å². The maximum atomic E-state index is 13.0. The molecule has 0 N–H and O–H groups in total. The number of ketones is 1. The maximum absolute atomic E-state index is 13.0. The lowest BCUT2D eigenvalue weighted by atomic mass is 9.75. The number of hydrogen-bond donors (Lipinski definition) is 0. The Balaban J connectivity index is 2.10. The van der Waals surface area contributed by atoms with Crippen molar-refractivity contribution in [1.82, 2.24) is 0 Å². The van der Waals surface area contributed by atoms with Gasteiger partial charge in [-0.15, -0.1) is 0 Å². The third kappa shape index (κ3) is 2.13. The molecule has 0 radical (unpaired) electrons. The van der Waals surface area contributed by atoms with Crippen LogP contribution in [0.2, 0.25) is 0 Å². The number of amides is 1. The highest BCUT2D eigenvalue weighted by Gasteiger charge is 2.47. The maximum Gasteiger partial charge on any atom is 0.241 e. The van der Waals surface area contributed by atoms with Crippen LogP contribution in [0.5, 0.6) is 0 Å². The van der Waals surface area contributed by atoms with Gasteiger partial charge in [0.1, 0.15) is 5.41 Å². The van der Waals surface area contributed by atoms with Crippen LogP contribution in [0.3, 0.4) is 0 Å². The molecular formula is C19H19NO2. The summed E-state index contributed by atoms with van der Waals surface area (Å²) in [6.07, 6.45) is 0.504. The van der Waals surface area contributed by atoms with E-state index in [4.69, 9.17) is 0 Å². The molecule has 3 heteroatoms. The SMILES string of the molecule is CCC1(C)C(=O)c2ccccc2N(Cc2ccccc2)C1=O. The number of hydrogen-bond acceptors (Lipinski definition) is 2. The summed E-state index contributed by atoms with van der Waals surface area (Å²) < 4.78 is 0. The fourth-order valence-electron chi connectivity index (χ4n) is 2.94. The first-order valence-electron chi connectivity index (χ1n) is 7.57. The van der Waals surface area contributed by atoms with Gasteiger partial charge in [0.05, 0.1) is 12.2 Å². The summed E-state index contributed by atoms with van der Waals surface area (Å²) in [5, 5.41) is 0. The summed E-state index contributed by atoms with van der Waals surface area (Å²) in [6.45, 7) is 4.13. The van der Waals surface area contributed by atoms with Crippen LogP contribution in [0.4, 0.5) is 5.69 Å². The van der Waals surface area contributed by atoms with E-state index in [-0.39, 0.29) is 11.7 Å². The highest BCUT2D eigenvalue weighted by Crippen LogP contribution is 2.40. The van der Waals surface area contributed by atoms with Gasteiger partial charge in [0.25, 0.3) is 0 Å². The zero-order chi connectivity index (χ0) is 15.7. The van der Waals surface area contributed by atoms with Crippen molar-refractivity contribution < 1.29 is 9.59 Å². The molecule has 0 spiro atoms. The number of anilines is 1. The van der Waals surface area contributed by atoms with Gasteiger partial charge < -0.3 is 4.90 Å². The minimum Gasteiger partial charge on any atom is -0.306 e. The third-order valence-corrected chi connectivity index (χ3v) is 4.55.